The first kappa shape index (κ1) is 14.2. The van der Waals surface area contributed by atoms with E-state index in [0.29, 0.717) is 0 Å². The Hall–Kier alpha value is -2.22. The van der Waals surface area contributed by atoms with Crippen molar-refractivity contribution in [3.05, 3.63) is 70.8 Å². The van der Waals surface area contributed by atoms with Gasteiger partial charge in [-0.25, -0.2) is 0 Å². The van der Waals surface area contributed by atoms with Gasteiger partial charge >= 0.3 is 0 Å². The van der Waals surface area contributed by atoms with Crippen LogP contribution in [0.25, 0.3) is 0 Å². The topological polar surface area (TPSA) is 24.7 Å². The molecule has 0 fully saturated rings. The van der Waals surface area contributed by atoms with Crippen LogP contribution < -0.4 is 0 Å². The minimum absolute atomic E-state index is 1.06. The van der Waals surface area contributed by atoms with Crippen molar-refractivity contribution in [3.8, 4) is 0 Å². The van der Waals surface area contributed by atoms with Crippen molar-refractivity contribution in [3.63, 3.8) is 0 Å². The molecule has 0 aliphatic heterocycles. The maximum absolute atomic E-state index is 4.08. The second-order valence-corrected chi connectivity index (χ2v) is 4.89. The van der Waals surface area contributed by atoms with Gasteiger partial charge in [-0.05, 0) is 30.0 Å². The van der Waals surface area contributed by atoms with Crippen LogP contribution in [0.3, 0.4) is 0 Å². The molecule has 0 saturated heterocycles. The van der Waals surface area contributed by atoms with E-state index >= 15 is 0 Å². The van der Waals surface area contributed by atoms with Crippen LogP contribution in [0.15, 0.2) is 58.7 Å². The van der Waals surface area contributed by atoms with E-state index in [-0.39, 0.29) is 0 Å². The molecule has 2 nitrogen and oxygen atoms in total. The van der Waals surface area contributed by atoms with E-state index in [4.69, 9.17) is 0 Å². The molecule has 0 bridgehead atoms. The molecule has 0 aromatic heterocycles. The number of hydrogen-bond acceptors (Lipinski definition) is 2. The van der Waals surface area contributed by atoms with Gasteiger partial charge < -0.3 is 0 Å². The maximum atomic E-state index is 4.08. The summed E-state index contributed by atoms with van der Waals surface area (Å²) in [5, 5.41) is 8.15. The second-order valence-electron chi connectivity index (χ2n) is 4.89. The molecule has 0 radical (unpaired) electrons. The summed E-state index contributed by atoms with van der Waals surface area (Å²) in [6.07, 6.45) is 5.85. The monoisotopic (exact) mass is 264 g/mol. The Morgan fingerprint density at radius 2 is 1.30 bits per heavy atom. The highest BCUT2D eigenvalue weighted by Crippen LogP contribution is 2.05. The summed E-state index contributed by atoms with van der Waals surface area (Å²) in [5.74, 6) is 0. The van der Waals surface area contributed by atoms with Crippen molar-refractivity contribution in [2.75, 3.05) is 0 Å². The summed E-state index contributed by atoms with van der Waals surface area (Å²) in [5.41, 5.74) is 4.75. The average molecular weight is 264 g/mol. The van der Waals surface area contributed by atoms with Crippen LogP contribution in [0.5, 0.6) is 0 Å². The predicted molar refractivity (Wildman–Crippen MR) is 86.8 cm³/mol. The Morgan fingerprint density at radius 3 is 1.80 bits per heavy atom. The molecule has 0 N–H and O–H groups in total. The van der Waals surface area contributed by atoms with Crippen molar-refractivity contribution in [2.24, 2.45) is 10.2 Å². The summed E-state index contributed by atoms with van der Waals surface area (Å²) in [6.45, 7) is 4.26. The molecule has 0 unspecified atom stereocenters. The summed E-state index contributed by atoms with van der Waals surface area (Å²) in [6, 6.07) is 16.7. The summed E-state index contributed by atoms with van der Waals surface area (Å²) >= 11 is 0. The molecule has 0 atom stereocenters. The molecule has 0 aliphatic carbocycles. The fourth-order valence-corrected chi connectivity index (χ4v) is 1.91. The van der Waals surface area contributed by atoms with Crippen molar-refractivity contribution in [1.82, 2.24) is 0 Å². The molecular weight excluding hydrogens is 244 g/mol. The molecule has 2 aromatic carbocycles. The summed E-state index contributed by atoms with van der Waals surface area (Å²) in [7, 11) is 0. The van der Waals surface area contributed by atoms with Crippen molar-refractivity contribution >= 4 is 12.4 Å². The SMILES string of the molecule is CCCc1ccc(C=NN=Cc2ccc(C)cc2)cc1. The number of rotatable bonds is 5. The zero-order chi connectivity index (χ0) is 14.2. The van der Waals surface area contributed by atoms with Gasteiger partial charge in [0.2, 0.25) is 0 Å². The lowest BCUT2D eigenvalue weighted by molar-refractivity contribution is 0.922. The smallest absolute Gasteiger partial charge is 0.0568 e. The highest BCUT2D eigenvalue weighted by atomic mass is 15.2. The van der Waals surface area contributed by atoms with Crippen LogP contribution in [-0.2, 0) is 6.42 Å². The van der Waals surface area contributed by atoms with Gasteiger partial charge in [0.25, 0.3) is 0 Å². The molecule has 2 rings (SSSR count). The van der Waals surface area contributed by atoms with E-state index in [1.165, 1.54) is 17.5 Å². The molecule has 0 heterocycles. The van der Waals surface area contributed by atoms with Gasteiger partial charge in [0.05, 0.1) is 12.4 Å². The van der Waals surface area contributed by atoms with Crippen LogP contribution in [0.2, 0.25) is 0 Å². The second kappa shape index (κ2) is 7.39. The molecule has 2 heteroatoms. The fraction of sp³-hybridized carbons (Fsp3) is 0.222. The van der Waals surface area contributed by atoms with Gasteiger partial charge in [-0.2, -0.15) is 10.2 Å². The molecule has 0 saturated carbocycles. The van der Waals surface area contributed by atoms with E-state index in [9.17, 15) is 0 Å². The number of aryl methyl sites for hydroxylation is 2. The van der Waals surface area contributed by atoms with E-state index < -0.39 is 0 Å². The molecular formula is C18H20N2. The molecule has 102 valence electrons. The number of benzene rings is 2. The van der Waals surface area contributed by atoms with E-state index in [1.807, 2.05) is 12.1 Å². The van der Waals surface area contributed by atoms with Gasteiger partial charge in [-0.1, -0.05) is 67.4 Å². The first-order valence-corrected chi connectivity index (χ1v) is 7.00. The van der Waals surface area contributed by atoms with Crippen molar-refractivity contribution in [2.45, 2.75) is 26.7 Å². The quantitative estimate of drug-likeness (QED) is 0.565. The molecule has 0 spiro atoms. The number of hydrogen-bond donors (Lipinski definition) is 0. The van der Waals surface area contributed by atoms with Crippen molar-refractivity contribution in [1.29, 1.82) is 0 Å². The average Bonchev–Trinajstić information content (AvgIpc) is 2.47. The van der Waals surface area contributed by atoms with E-state index in [1.54, 1.807) is 12.4 Å². The van der Waals surface area contributed by atoms with Crippen LogP contribution >= 0.6 is 0 Å². The lowest BCUT2D eigenvalue weighted by atomic mass is 10.1. The standard InChI is InChI=1S/C18H20N2/c1-3-4-16-9-11-18(12-10-16)14-20-19-13-17-7-5-15(2)6-8-17/h5-14H,3-4H2,1-2H3. The fourth-order valence-electron chi connectivity index (χ4n) is 1.91. The van der Waals surface area contributed by atoms with E-state index in [0.717, 1.165) is 17.5 Å². The highest BCUT2D eigenvalue weighted by molar-refractivity contribution is 5.82. The van der Waals surface area contributed by atoms with Gasteiger partial charge in [-0.3, -0.25) is 0 Å². The predicted octanol–water partition coefficient (Wildman–Crippen LogP) is 4.40. The minimum atomic E-state index is 1.06. The number of nitrogens with zero attached hydrogens (tertiary/aromatic N) is 2. The Labute approximate surface area is 120 Å². The van der Waals surface area contributed by atoms with Crippen LogP contribution in [-0.4, -0.2) is 12.4 Å². The minimum Gasteiger partial charge on any atom is -0.159 e. The van der Waals surface area contributed by atoms with Gasteiger partial charge in [0.1, 0.15) is 0 Å². The summed E-state index contributed by atoms with van der Waals surface area (Å²) in [4.78, 5) is 0. The Kier molecular flexibility index (Phi) is 5.24. The first-order valence-electron chi connectivity index (χ1n) is 7.00. The third-order valence-electron chi connectivity index (χ3n) is 3.08. The molecule has 20 heavy (non-hydrogen) atoms. The Bertz CT molecular complexity index is 578. The normalized spacial score (nSPS) is 11.5. The van der Waals surface area contributed by atoms with E-state index in [2.05, 4.69) is 60.4 Å². The van der Waals surface area contributed by atoms with Crippen LogP contribution in [0.4, 0.5) is 0 Å². The Balaban J connectivity index is 1.94. The maximum Gasteiger partial charge on any atom is 0.0568 e. The molecule has 0 amide bonds. The lowest BCUT2D eigenvalue weighted by Crippen LogP contribution is -1.85. The van der Waals surface area contributed by atoms with Gasteiger partial charge in [-0.15, -0.1) is 0 Å². The zero-order valence-electron chi connectivity index (χ0n) is 12.1. The first-order chi connectivity index (χ1) is 9.78. The summed E-state index contributed by atoms with van der Waals surface area (Å²) < 4.78 is 0. The largest absolute Gasteiger partial charge is 0.159 e. The van der Waals surface area contributed by atoms with Crippen LogP contribution in [0, 0.1) is 6.92 Å². The molecule has 0 aliphatic rings. The van der Waals surface area contributed by atoms with Gasteiger partial charge in [0, 0.05) is 0 Å². The van der Waals surface area contributed by atoms with Crippen LogP contribution in [0.1, 0.15) is 35.6 Å². The highest BCUT2D eigenvalue weighted by Gasteiger charge is 1.91. The zero-order valence-corrected chi connectivity index (χ0v) is 12.1. The van der Waals surface area contributed by atoms with Gasteiger partial charge in [0.15, 0.2) is 0 Å². The third kappa shape index (κ3) is 4.47. The molecule has 2 aromatic rings. The Morgan fingerprint density at radius 1 is 0.800 bits per heavy atom. The van der Waals surface area contributed by atoms with Crippen molar-refractivity contribution < 1.29 is 0 Å². The lowest BCUT2D eigenvalue weighted by Gasteiger charge is -1.98. The third-order valence-corrected chi connectivity index (χ3v) is 3.08.